The number of carboxylic acid groups (broad SMARTS) is 1. The minimum absolute atomic E-state index is 0.794. The van der Waals surface area contributed by atoms with Crippen LogP contribution in [0.4, 0.5) is 0 Å². The van der Waals surface area contributed by atoms with Crippen molar-refractivity contribution in [2.45, 2.75) is 0 Å². The number of rotatable bonds is 3. The fourth-order valence-electron chi connectivity index (χ4n) is 1.25. The molecule has 0 aliphatic heterocycles. The van der Waals surface area contributed by atoms with Gasteiger partial charge in [0.2, 0.25) is 0 Å². The second-order valence-electron chi connectivity index (χ2n) is 3.07. The summed E-state index contributed by atoms with van der Waals surface area (Å²) in [4.78, 5) is 10.4. The summed E-state index contributed by atoms with van der Waals surface area (Å²) in [6.07, 6.45) is 4.14. The second-order valence-corrected chi connectivity index (χ2v) is 3.07. The molecule has 0 bridgehead atoms. The number of hydrogen-bond donors (Lipinski definition) is 2. The van der Waals surface area contributed by atoms with Gasteiger partial charge in [0.05, 0.1) is 0 Å². The average molecular weight is 217 g/mol. The molecule has 0 saturated heterocycles. The molecule has 1 aromatic carbocycles. The van der Waals surface area contributed by atoms with Gasteiger partial charge in [0.1, 0.15) is 10.8 Å². The number of nitrogens with zero attached hydrogens (tertiary/aromatic N) is 3. The molecule has 2 N–H and O–H groups in total. The Kier molecular flexibility index (Phi) is 2.73. The van der Waals surface area contributed by atoms with Gasteiger partial charge in [-0.2, -0.15) is 0 Å². The maximum Gasteiger partial charge on any atom is 0.328 e. The van der Waals surface area contributed by atoms with E-state index in [9.17, 15) is 4.79 Å². The predicted octanol–water partition coefficient (Wildman–Crippen LogP) is 0.179. The van der Waals surface area contributed by atoms with Gasteiger partial charge in [-0.3, -0.25) is 0 Å². The summed E-state index contributed by atoms with van der Waals surface area (Å²) in [5.41, 5.74) is 1.62. The number of aliphatic carboxylic acids is 1. The van der Waals surface area contributed by atoms with Gasteiger partial charge in [-0.05, 0) is 23.8 Å². The van der Waals surface area contributed by atoms with Crippen LogP contribution in [0.3, 0.4) is 0 Å². The summed E-state index contributed by atoms with van der Waals surface area (Å²) in [5, 5.41) is 18.4. The number of benzene rings is 1. The van der Waals surface area contributed by atoms with Crippen molar-refractivity contribution in [3.05, 3.63) is 42.2 Å². The van der Waals surface area contributed by atoms with Crippen LogP contribution in [0, 0.1) is 0 Å². The maximum atomic E-state index is 10.4. The quantitative estimate of drug-likeness (QED) is 0.567. The zero-order valence-corrected chi connectivity index (χ0v) is 8.24. The maximum absolute atomic E-state index is 10.4. The lowest BCUT2D eigenvalue weighted by molar-refractivity contribution is -0.660. The van der Waals surface area contributed by atoms with E-state index >= 15 is 0 Å². The number of H-pyrrole nitrogens is 1. The van der Waals surface area contributed by atoms with Gasteiger partial charge in [-0.1, -0.05) is 17.3 Å². The minimum Gasteiger partial charge on any atom is -0.478 e. The Balaban J connectivity index is 2.30. The summed E-state index contributed by atoms with van der Waals surface area (Å²) in [7, 11) is 0. The molecule has 6 heteroatoms. The van der Waals surface area contributed by atoms with Crippen LogP contribution in [-0.2, 0) is 4.79 Å². The Bertz CT molecular complexity index is 519. The number of carbonyl (C=O) groups is 1. The summed E-state index contributed by atoms with van der Waals surface area (Å²) in [6, 6.07) is 7.31. The lowest BCUT2D eigenvalue weighted by atomic mass is 10.2. The molecule has 0 spiro atoms. The molecule has 2 rings (SSSR count). The molecule has 16 heavy (non-hydrogen) atoms. The topological polar surface area (TPSA) is 82.8 Å². The lowest BCUT2D eigenvalue weighted by Crippen LogP contribution is -2.31. The Morgan fingerprint density at radius 3 is 3.06 bits per heavy atom. The van der Waals surface area contributed by atoms with Gasteiger partial charge in [0.25, 0.3) is 6.33 Å². The highest BCUT2D eigenvalue weighted by Crippen LogP contribution is 2.06. The normalized spacial score (nSPS) is 10.8. The smallest absolute Gasteiger partial charge is 0.328 e. The lowest BCUT2D eigenvalue weighted by Gasteiger charge is -1.96. The van der Waals surface area contributed by atoms with E-state index in [-0.39, 0.29) is 0 Å². The first kappa shape index (κ1) is 10.0. The zero-order chi connectivity index (χ0) is 11.4. The standard InChI is InChI=1S/C10H8N4O2/c15-10(16)5-4-8-2-1-3-9(6-8)14-7-11-12-13-14/h1-7H,(H,15,16)/p+1. The highest BCUT2D eigenvalue weighted by molar-refractivity contribution is 5.85. The van der Waals surface area contributed by atoms with E-state index in [1.165, 1.54) is 12.4 Å². The second kappa shape index (κ2) is 4.35. The van der Waals surface area contributed by atoms with Crippen molar-refractivity contribution in [2.24, 2.45) is 0 Å². The summed E-state index contributed by atoms with van der Waals surface area (Å²) >= 11 is 0. The fraction of sp³-hybridized carbons (Fsp3) is 0. The fourth-order valence-corrected chi connectivity index (χ4v) is 1.25. The molecule has 0 saturated carbocycles. The van der Waals surface area contributed by atoms with E-state index in [1.807, 2.05) is 24.3 Å². The van der Waals surface area contributed by atoms with Crippen LogP contribution >= 0.6 is 0 Å². The first-order valence-corrected chi connectivity index (χ1v) is 4.55. The highest BCUT2D eigenvalue weighted by atomic mass is 16.4. The average Bonchev–Trinajstić information content (AvgIpc) is 2.80. The molecular formula is C10H9N4O2+. The predicted molar refractivity (Wildman–Crippen MR) is 54.6 cm³/mol. The van der Waals surface area contributed by atoms with Gasteiger partial charge in [-0.15, -0.1) is 4.68 Å². The number of hydrogen-bond acceptors (Lipinski definition) is 3. The first-order chi connectivity index (χ1) is 7.75. The van der Waals surface area contributed by atoms with Crippen LogP contribution in [0.2, 0.25) is 0 Å². The van der Waals surface area contributed by atoms with Gasteiger partial charge >= 0.3 is 5.97 Å². The van der Waals surface area contributed by atoms with Crippen molar-refractivity contribution in [3.63, 3.8) is 0 Å². The molecule has 6 nitrogen and oxygen atoms in total. The van der Waals surface area contributed by atoms with Crippen molar-refractivity contribution < 1.29 is 14.6 Å². The van der Waals surface area contributed by atoms with E-state index in [2.05, 4.69) is 15.5 Å². The van der Waals surface area contributed by atoms with E-state index in [1.54, 1.807) is 4.68 Å². The molecule has 0 atom stereocenters. The van der Waals surface area contributed by atoms with Crippen molar-refractivity contribution in [1.82, 2.24) is 15.5 Å². The molecule has 0 amide bonds. The number of aromatic amines is 1. The monoisotopic (exact) mass is 217 g/mol. The van der Waals surface area contributed by atoms with Gasteiger partial charge in [0.15, 0.2) is 5.21 Å². The molecule has 0 radical (unpaired) electrons. The summed E-state index contributed by atoms with van der Waals surface area (Å²) < 4.78 is 1.62. The number of nitrogens with one attached hydrogen (secondary N) is 1. The van der Waals surface area contributed by atoms with Crippen molar-refractivity contribution in [3.8, 4) is 5.69 Å². The Morgan fingerprint density at radius 2 is 2.38 bits per heavy atom. The third-order valence-electron chi connectivity index (χ3n) is 1.94. The van der Waals surface area contributed by atoms with E-state index in [0.29, 0.717) is 0 Å². The van der Waals surface area contributed by atoms with Crippen molar-refractivity contribution >= 4 is 12.0 Å². The molecule has 1 heterocycles. The van der Waals surface area contributed by atoms with E-state index in [0.717, 1.165) is 17.3 Å². The SMILES string of the molecule is O=C(O)C=Cc1cccc(-[n+]2cnn[nH]2)c1. The third-order valence-corrected chi connectivity index (χ3v) is 1.94. The molecule has 0 unspecified atom stereocenters. The molecule has 0 aliphatic carbocycles. The number of aromatic nitrogens is 4. The third kappa shape index (κ3) is 2.30. The number of tetrazole rings is 1. The van der Waals surface area contributed by atoms with Crippen LogP contribution < -0.4 is 4.68 Å². The molecular weight excluding hydrogens is 208 g/mol. The summed E-state index contributed by atoms with van der Waals surface area (Å²) in [6.45, 7) is 0. The molecule has 80 valence electrons. The van der Waals surface area contributed by atoms with Crippen LogP contribution in [0.15, 0.2) is 36.7 Å². The van der Waals surface area contributed by atoms with Gasteiger partial charge in [-0.25, -0.2) is 4.79 Å². The van der Waals surface area contributed by atoms with E-state index in [4.69, 9.17) is 5.11 Å². The molecule has 0 fully saturated rings. The van der Waals surface area contributed by atoms with Crippen LogP contribution in [0.1, 0.15) is 5.56 Å². The van der Waals surface area contributed by atoms with Gasteiger partial charge in [0, 0.05) is 6.08 Å². The Hall–Kier alpha value is -2.50. The summed E-state index contributed by atoms with van der Waals surface area (Å²) in [5.74, 6) is -0.971. The van der Waals surface area contributed by atoms with Crippen LogP contribution in [0.25, 0.3) is 11.8 Å². The number of carboxylic acids is 1. The zero-order valence-electron chi connectivity index (χ0n) is 8.24. The molecule has 1 aromatic heterocycles. The van der Waals surface area contributed by atoms with Gasteiger partial charge < -0.3 is 5.11 Å². The van der Waals surface area contributed by atoms with Crippen LogP contribution in [-0.4, -0.2) is 26.6 Å². The molecule has 2 aromatic rings. The first-order valence-electron chi connectivity index (χ1n) is 4.55. The van der Waals surface area contributed by atoms with Crippen molar-refractivity contribution in [2.75, 3.05) is 0 Å². The van der Waals surface area contributed by atoms with Crippen LogP contribution in [0.5, 0.6) is 0 Å². The Morgan fingerprint density at radius 1 is 1.50 bits per heavy atom. The Labute approximate surface area is 90.8 Å². The highest BCUT2D eigenvalue weighted by Gasteiger charge is 2.03. The molecule has 0 aliphatic rings. The largest absolute Gasteiger partial charge is 0.478 e. The van der Waals surface area contributed by atoms with E-state index < -0.39 is 5.97 Å². The minimum atomic E-state index is -0.971. The van der Waals surface area contributed by atoms with Crippen molar-refractivity contribution in [1.29, 1.82) is 0 Å².